The molecule has 1 aromatic rings. The second kappa shape index (κ2) is 9.93. The molecule has 5 heteroatoms. The maximum absolute atomic E-state index is 11.4. The monoisotopic (exact) mass is 293 g/mol. The minimum atomic E-state index is -0.669. The van der Waals surface area contributed by atoms with E-state index in [1.807, 2.05) is 30.3 Å². The van der Waals surface area contributed by atoms with Crippen LogP contribution < -0.4 is 5.32 Å². The number of hydrogen-bond donors (Lipinski definition) is 1. The molecule has 0 bridgehead atoms. The van der Waals surface area contributed by atoms with Crippen molar-refractivity contribution >= 4 is 23.6 Å². The lowest BCUT2D eigenvalue weighted by Crippen LogP contribution is -2.42. The fourth-order valence-corrected chi connectivity index (χ4v) is 1.96. The number of nitrogens with one attached hydrogen (secondary N) is 1. The van der Waals surface area contributed by atoms with Crippen molar-refractivity contribution in [1.29, 1.82) is 0 Å². The number of amides is 1. The molecule has 1 aromatic carbocycles. The summed E-state index contributed by atoms with van der Waals surface area (Å²) in [6.07, 6.45) is 0. The first-order valence-electron chi connectivity index (χ1n) is 5.66. The smallest absolute Gasteiger partial charge is 0.329 e. The summed E-state index contributed by atoms with van der Waals surface area (Å²) < 4.78 is 4.61. The van der Waals surface area contributed by atoms with Gasteiger partial charge in [-0.2, -0.15) is 0 Å². The van der Waals surface area contributed by atoms with Crippen molar-refractivity contribution in [2.24, 2.45) is 0 Å². The molecule has 0 aliphatic rings. The highest BCUT2D eigenvalue weighted by Gasteiger charge is 2.19. The van der Waals surface area contributed by atoms with E-state index in [0.29, 0.717) is 5.75 Å². The number of carbonyl (C=O) groups excluding carboxylic acids is 2. The van der Waals surface area contributed by atoms with Gasteiger partial charge in [0.2, 0.25) is 5.91 Å². The van der Waals surface area contributed by atoms with Gasteiger partial charge in [-0.25, -0.2) is 4.79 Å². The number of carbonyl (C=O) groups is 2. The molecule has 1 rings (SSSR count). The molecule has 0 fully saturated rings. The minimum absolute atomic E-state index is 0. The molecule has 1 unspecified atom stereocenters. The van der Waals surface area contributed by atoms with E-state index in [-0.39, 0.29) is 13.3 Å². The van der Waals surface area contributed by atoms with Crippen molar-refractivity contribution in [3.63, 3.8) is 0 Å². The molecule has 1 amide bonds. The van der Waals surface area contributed by atoms with E-state index in [2.05, 4.69) is 21.2 Å². The summed E-state index contributed by atoms with van der Waals surface area (Å²) in [6, 6.07) is 8.87. The average Bonchev–Trinajstić information content (AvgIpc) is 2.42. The number of esters is 1. The third kappa shape index (κ3) is 6.86. The van der Waals surface area contributed by atoms with Crippen molar-refractivity contribution in [2.45, 2.75) is 20.4 Å². The first-order valence-corrected chi connectivity index (χ1v) is 6.65. The normalized spacial score (nSPS) is 10.3. The molecule has 0 spiro atoms. The molecule has 0 aromatic heterocycles. The summed E-state index contributed by atoms with van der Waals surface area (Å²) in [5, 5.41) is 5.42. The van der Waals surface area contributed by atoms with Crippen molar-refractivity contribution < 1.29 is 14.3 Å². The highest BCUT2D eigenvalue weighted by Crippen LogP contribution is 2.04. The molecule has 1 atom stereocenters. The van der Waals surface area contributed by atoms with E-state index < -0.39 is 12.0 Å². The van der Waals surface area contributed by atoms with E-state index in [9.17, 15) is 9.59 Å². The minimum Gasteiger partial charge on any atom is -0.467 e. The Morgan fingerprint density at radius 2 is 2.00 bits per heavy atom. The molecule has 0 saturated carbocycles. The quantitative estimate of drug-likeness (QED) is 0.682. The fraction of sp³-hybridized carbons (Fsp3) is 0.333. The van der Waals surface area contributed by atoms with Gasteiger partial charge >= 0.3 is 5.97 Å². The summed E-state index contributed by atoms with van der Waals surface area (Å²) in [4.78, 5) is 22.4. The molecule has 108 valence electrons. The lowest BCUT2D eigenvalue weighted by Gasteiger charge is -2.12. The number of benzene rings is 1. The molecule has 20 heavy (non-hydrogen) atoms. The van der Waals surface area contributed by atoms with Crippen LogP contribution in [0.5, 0.6) is 0 Å². The molecule has 0 aliphatic carbocycles. The van der Waals surface area contributed by atoms with Crippen molar-refractivity contribution in [3.05, 3.63) is 35.9 Å². The first-order chi connectivity index (χ1) is 9.13. The number of thioether (sulfide) groups is 1. The molecule has 0 heterocycles. The number of hydrogen-bond acceptors (Lipinski definition) is 4. The van der Waals surface area contributed by atoms with E-state index in [1.165, 1.54) is 25.8 Å². The van der Waals surface area contributed by atoms with Crippen LogP contribution in [-0.4, -0.2) is 30.8 Å². The van der Waals surface area contributed by atoms with E-state index in [1.54, 1.807) is 0 Å². The summed E-state index contributed by atoms with van der Waals surface area (Å²) in [7, 11) is 1.29. The number of ether oxygens (including phenoxy) is 1. The summed E-state index contributed by atoms with van der Waals surface area (Å²) in [5.74, 6) is 2.57. The van der Waals surface area contributed by atoms with Crippen molar-refractivity contribution in [1.82, 2.24) is 5.32 Å². The van der Waals surface area contributed by atoms with Gasteiger partial charge in [0.25, 0.3) is 0 Å². The van der Waals surface area contributed by atoms with Gasteiger partial charge in [-0.15, -0.1) is 0 Å². The zero-order chi connectivity index (χ0) is 14.1. The van der Waals surface area contributed by atoms with Crippen LogP contribution in [0.1, 0.15) is 19.9 Å². The van der Waals surface area contributed by atoms with E-state index in [0.717, 1.165) is 5.56 Å². The largest absolute Gasteiger partial charge is 0.467 e. The highest BCUT2D eigenvalue weighted by molar-refractivity contribution is 8.03. The average molecular weight is 293 g/mol. The number of rotatable bonds is 4. The zero-order valence-corrected chi connectivity index (χ0v) is 11.6. The fourth-order valence-electron chi connectivity index (χ4n) is 1.30. The van der Waals surface area contributed by atoms with Gasteiger partial charge in [0.1, 0.15) is 6.04 Å². The van der Waals surface area contributed by atoms with Gasteiger partial charge in [-0.1, -0.05) is 43.3 Å². The Balaban J connectivity index is 0.00000361. The zero-order valence-electron chi connectivity index (χ0n) is 10.8. The van der Waals surface area contributed by atoms with Crippen LogP contribution >= 0.6 is 11.8 Å². The van der Waals surface area contributed by atoms with Gasteiger partial charge in [0.15, 0.2) is 0 Å². The Hall–Kier alpha value is -1.93. The molecule has 4 nitrogen and oxygen atoms in total. The van der Waals surface area contributed by atoms with Gasteiger partial charge in [0.05, 0.1) is 7.11 Å². The van der Waals surface area contributed by atoms with Crippen molar-refractivity contribution in [3.8, 4) is 11.2 Å². The Morgan fingerprint density at radius 3 is 2.55 bits per heavy atom. The topological polar surface area (TPSA) is 55.4 Å². The van der Waals surface area contributed by atoms with E-state index >= 15 is 0 Å². The Bertz CT molecular complexity index is 491. The molecule has 0 radical (unpaired) electrons. The standard InChI is InChI=1S/C14H15NO3S.CH4/c1-11(16)15-13(14(17)18-2)10-19-9-8-12-6-4-3-5-7-12;/h3-7,13H,10H2,1-2H3,(H,15,16);1H4. The predicted octanol–water partition coefficient (Wildman–Crippen LogP) is 2.04. The van der Waals surface area contributed by atoms with E-state index in [4.69, 9.17) is 0 Å². The molecule has 0 saturated heterocycles. The van der Waals surface area contributed by atoms with Crippen LogP contribution in [0.4, 0.5) is 0 Å². The van der Waals surface area contributed by atoms with Gasteiger partial charge in [-0.05, 0) is 17.4 Å². The Kier molecular flexibility index (Phi) is 8.97. The maximum Gasteiger partial charge on any atom is 0.329 e. The van der Waals surface area contributed by atoms with Crippen LogP contribution in [0, 0.1) is 11.2 Å². The Morgan fingerprint density at radius 1 is 1.35 bits per heavy atom. The van der Waals surface area contributed by atoms with Gasteiger partial charge < -0.3 is 10.1 Å². The Labute approximate surface area is 124 Å². The van der Waals surface area contributed by atoms with Gasteiger partial charge in [-0.3, -0.25) is 4.79 Å². The first kappa shape index (κ1) is 18.1. The lowest BCUT2D eigenvalue weighted by atomic mass is 10.2. The predicted molar refractivity (Wildman–Crippen MR) is 82.1 cm³/mol. The summed E-state index contributed by atoms with van der Waals surface area (Å²) in [5.41, 5.74) is 0.907. The van der Waals surface area contributed by atoms with Crippen LogP contribution in [0.3, 0.4) is 0 Å². The number of methoxy groups -OCH3 is 1. The molecular formula is C15H19NO3S. The third-order valence-electron chi connectivity index (χ3n) is 2.15. The lowest BCUT2D eigenvalue weighted by molar-refractivity contribution is -0.144. The van der Waals surface area contributed by atoms with Crippen LogP contribution in [0.15, 0.2) is 30.3 Å². The van der Waals surface area contributed by atoms with Crippen LogP contribution in [-0.2, 0) is 14.3 Å². The molecular weight excluding hydrogens is 274 g/mol. The van der Waals surface area contributed by atoms with Gasteiger partial charge in [0, 0.05) is 18.2 Å². The SMILES string of the molecule is C.COC(=O)C(CSC#Cc1ccccc1)NC(C)=O. The summed E-state index contributed by atoms with van der Waals surface area (Å²) in [6.45, 7) is 1.36. The summed E-state index contributed by atoms with van der Waals surface area (Å²) >= 11 is 1.27. The molecule has 0 aliphatic heterocycles. The second-order valence-electron chi connectivity index (χ2n) is 3.68. The molecule has 1 N–H and O–H groups in total. The highest BCUT2D eigenvalue weighted by atomic mass is 32.2. The van der Waals surface area contributed by atoms with Crippen LogP contribution in [0.2, 0.25) is 0 Å². The second-order valence-corrected chi connectivity index (χ2v) is 4.51. The maximum atomic E-state index is 11.4. The van der Waals surface area contributed by atoms with Crippen molar-refractivity contribution in [2.75, 3.05) is 12.9 Å². The van der Waals surface area contributed by atoms with Crippen LogP contribution in [0.25, 0.3) is 0 Å². The third-order valence-corrected chi connectivity index (χ3v) is 2.90.